The largest absolute Gasteiger partial charge is 0.347 e. The summed E-state index contributed by atoms with van der Waals surface area (Å²) in [7, 11) is 0. The van der Waals surface area contributed by atoms with Crippen LogP contribution in [0.5, 0.6) is 0 Å². The van der Waals surface area contributed by atoms with E-state index in [0.717, 1.165) is 25.7 Å². The van der Waals surface area contributed by atoms with E-state index in [2.05, 4.69) is 20.8 Å². The predicted molar refractivity (Wildman–Crippen MR) is 64.9 cm³/mol. The van der Waals surface area contributed by atoms with Gasteiger partial charge in [0.05, 0.1) is 5.41 Å². The van der Waals surface area contributed by atoms with Crippen molar-refractivity contribution in [3.63, 3.8) is 0 Å². The van der Waals surface area contributed by atoms with Crippen molar-refractivity contribution in [3.05, 3.63) is 0 Å². The van der Waals surface area contributed by atoms with Crippen molar-refractivity contribution in [3.8, 4) is 0 Å². The predicted octanol–water partition coefficient (Wildman–Crippen LogP) is 3.87. The highest BCUT2D eigenvalue weighted by Crippen LogP contribution is 2.28. The lowest BCUT2D eigenvalue weighted by Crippen LogP contribution is -2.34. The Hall–Kier alpha value is -0.570. The maximum Gasteiger partial charge on any atom is 0.347 e. The van der Waals surface area contributed by atoms with Crippen molar-refractivity contribution in [1.82, 2.24) is 0 Å². The molecule has 0 aliphatic heterocycles. The molecule has 0 aromatic carbocycles. The summed E-state index contributed by atoms with van der Waals surface area (Å²) in [5.41, 5.74) is -0.824. The molecule has 0 atom stereocenters. The number of hydrogen-bond acceptors (Lipinski definition) is 3. The summed E-state index contributed by atoms with van der Waals surface area (Å²) < 4.78 is 0. The van der Waals surface area contributed by atoms with Gasteiger partial charge in [0.2, 0.25) is 0 Å². The minimum atomic E-state index is -0.514. The van der Waals surface area contributed by atoms with Crippen LogP contribution in [0, 0.1) is 5.41 Å². The number of carbonyl (C=O) groups excluding carboxylic acids is 1. The van der Waals surface area contributed by atoms with Crippen molar-refractivity contribution >= 4 is 5.97 Å². The minimum absolute atomic E-state index is 0.310. The van der Waals surface area contributed by atoms with Gasteiger partial charge in [-0.3, -0.25) is 4.89 Å². The van der Waals surface area contributed by atoms with Crippen molar-refractivity contribution in [2.75, 3.05) is 0 Å². The van der Waals surface area contributed by atoms with Crippen molar-refractivity contribution in [2.45, 2.75) is 72.8 Å². The molecule has 0 aliphatic carbocycles. The fraction of sp³-hybridized carbons (Fsp3) is 0.923. The molecule has 0 rings (SSSR count). The molecule has 96 valence electrons. The molecular weight excluding hydrogens is 204 g/mol. The molecule has 3 nitrogen and oxygen atoms in total. The quantitative estimate of drug-likeness (QED) is 0.513. The smallest absolute Gasteiger partial charge is 0.297 e. The van der Waals surface area contributed by atoms with Crippen molar-refractivity contribution < 1.29 is 14.6 Å². The lowest BCUT2D eigenvalue weighted by Gasteiger charge is -2.30. The second-order valence-corrected chi connectivity index (χ2v) is 5.34. The van der Waals surface area contributed by atoms with E-state index in [9.17, 15) is 4.79 Å². The van der Waals surface area contributed by atoms with Crippen molar-refractivity contribution in [1.29, 1.82) is 0 Å². The molecule has 0 aliphatic rings. The molecule has 0 spiro atoms. The number of rotatable bonds is 6. The van der Waals surface area contributed by atoms with Gasteiger partial charge >= 0.3 is 5.97 Å². The lowest BCUT2D eigenvalue weighted by atomic mass is 9.92. The average molecular weight is 230 g/mol. The van der Waals surface area contributed by atoms with Crippen LogP contribution < -0.4 is 0 Å². The second-order valence-electron chi connectivity index (χ2n) is 5.34. The molecule has 0 bridgehead atoms. The zero-order valence-electron chi connectivity index (χ0n) is 11.6. The van der Waals surface area contributed by atoms with E-state index < -0.39 is 5.41 Å². The van der Waals surface area contributed by atoms with Gasteiger partial charge in [-0.05, 0) is 40.0 Å². The Kier molecular flexibility index (Phi) is 6.01. The number of carbonyl (C=O) groups is 1. The SMILES string of the molecule is CCCC(CC)(CC)OOC(=O)C(C)(C)C. The second kappa shape index (κ2) is 6.24. The first-order chi connectivity index (χ1) is 7.31. The van der Waals surface area contributed by atoms with Crippen LogP contribution in [0.25, 0.3) is 0 Å². The van der Waals surface area contributed by atoms with Crippen LogP contribution in [-0.4, -0.2) is 11.6 Å². The van der Waals surface area contributed by atoms with E-state index in [0.29, 0.717) is 0 Å². The average Bonchev–Trinajstić information content (AvgIpc) is 2.22. The van der Waals surface area contributed by atoms with Gasteiger partial charge in [0.15, 0.2) is 0 Å². The standard InChI is InChI=1S/C13H26O3/c1-7-10-13(8-2,9-3)16-15-11(14)12(4,5)6/h7-10H2,1-6H3. The monoisotopic (exact) mass is 230 g/mol. The molecule has 0 aromatic rings. The van der Waals surface area contributed by atoms with E-state index in [1.807, 2.05) is 20.8 Å². The molecule has 0 fully saturated rings. The van der Waals surface area contributed by atoms with Crippen LogP contribution >= 0.6 is 0 Å². The summed E-state index contributed by atoms with van der Waals surface area (Å²) in [5.74, 6) is -0.310. The normalized spacial score (nSPS) is 12.6. The maximum atomic E-state index is 11.6. The Morgan fingerprint density at radius 2 is 1.56 bits per heavy atom. The van der Waals surface area contributed by atoms with Gasteiger partial charge in [-0.25, -0.2) is 4.79 Å². The minimum Gasteiger partial charge on any atom is -0.297 e. The third-order valence-electron chi connectivity index (χ3n) is 2.90. The van der Waals surface area contributed by atoms with Gasteiger partial charge in [-0.15, -0.1) is 0 Å². The molecule has 0 heterocycles. The Morgan fingerprint density at radius 3 is 1.88 bits per heavy atom. The molecule has 0 radical (unpaired) electrons. The van der Waals surface area contributed by atoms with E-state index >= 15 is 0 Å². The summed E-state index contributed by atoms with van der Waals surface area (Å²) in [5, 5.41) is 0. The fourth-order valence-corrected chi connectivity index (χ4v) is 1.47. The molecule has 0 N–H and O–H groups in total. The highest BCUT2D eigenvalue weighted by Gasteiger charge is 2.32. The molecule has 0 saturated heterocycles. The maximum absolute atomic E-state index is 11.6. The Bertz CT molecular complexity index is 212. The van der Waals surface area contributed by atoms with Gasteiger partial charge in [-0.1, -0.05) is 27.2 Å². The Labute approximate surface area is 99.4 Å². The Morgan fingerprint density at radius 1 is 1.06 bits per heavy atom. The molecule has 0 aromatic heterocycles. The van der Waals surface area contributed by atoms with Crippen LogP contribution in [0.2, 0.25) is 0 Å². The van der Waals surface area contributed by atoms with Gasteiger partial charge in [0.25, 0.3) is 0 Å². The molecule has 0 unspecified atom stereocenters. The summed E-state index contributed by atoms with van der Waals surface area (Å²) in [6, 6.07) is 0. The molecule has 0 saturated carbocycles. The highest BCUT2D eigenvalue weighted by molar-refractivity contribution is 5.74. The van der Waals surface area contributed by atoms with E-state index in [1.54, 1.807) is 0 Å². The first-order valence-corrected chi connectivity index (χ1v) is 6.21. The van der Waals surface area contributed by atoms with E-state index in [1.165, 1.54) is 0 Å². The summed E-state index contributed by atoms with van der Waals surface area (Å²) in [4.78, 5) is 22.0. The summed E-state index contributed by atoms with van der Waals surface area (Å²) in [6.45, 7) is 11.7. The van der Waals surface area contributed by atoms with Gasteiger partial charge in [-0.2, -0.15) is 4.89 Å². The third-order valence-corrected chi connectivity index (χ3v) is 2.90. The van der Waals surface area contributed by atoms with Gasteiger partial charge < -0.3 is 0 Å². The van der Waals surface area contributed by atoms with E-state index in [-0.39, 0.29) is 11.6 Å². The summed E-state index contributed by atoms with van der Waals surface area (Å²) in [6.07, 6.45) is 3.65. The highest BCUT2D eigenvalue weighted by atomic mass is 17.2. The summed E-state index contributed by atoms with van der Waals surface area (Å²) >= 11 is 0. The van der Waals surface area contributed by atoms with Crippen LogP contribution in [0.4, 0.5) is 0 Å². The first-order valence-electron chi connectivity index (χ1n) is 6.21. The fourth-order valence-electron chi connectivity index (χ4n) is 1.47. The Balaban J connectivity index is 4.38. The first kappa shape index (κ1) is 15.4. The van der Waals surface area contributed by atoms with Crippen LogP contribution in [0.3, 0.4) is 0 Å². The topological polar surface area (TPSA) is 35.5 Å². The van der Waals surface area contributed by atoms with Crippen molar-refractivity contribution in [2.24, 2.45) is 5.41 Å². The van der Waals surface area contributed by atoms with E-state index in [4.69, 9.17) is 9.78 Å². The molecule has 16 heavy (non-hydrogen) atoms. The number of hydrogen-bond donors (Lipinski definition) is 0. The van der Waals surface area contributed by atoms with Crippen LogP contribution in [0.1, 0.15) is 67.2 Å². The van der Waals surface area contributed by atoms with Crippen LogP contribution in [-0.2, 0) is 14.6 Å². The molecule has 0 amide bonds. The van der Waals surface area contributed by atoms with Gasteiger partial charge in [0, 0.05) is 0 Å². The van der Waals surface area contributed by atoms with Gasteiger partial charge in [0.1, 0.15) is 5.60 Å². The zero-order valence-corrected chi connectivity index (χ0v) is 11.6. The lowest BCUT2D eigenvalue weighted by molar-refractivity contribution is -0.341. The third kappa shape index (κ3) is 4.52. The molecule has 3 heteroatoms. The molecular formula is C13H26O3. The van der Waals surface area contributed by atoms with Crippen LogP contribution in [0.15, 0.2) is 0 Å². The zero-order chi connectivity index (χ0) is 12.8.